The smallest absolute Gasteiger partial charge is 0.383 e. The molecule has 0 radical (unpaired) electrons. The Morgan fingerprint density at radius 3 is 2.63 bits per heavy atom. The Labute approximate surface area is 107 Å². The molecule has 8 heteroatoms. The zero-order valence-corrected chi connectivity index (χ0v) is 9.91. The summed E-state index contributed by atoms with van der Waals surface area (Å²) in [5, 5.41) is 24.1. The first-order chi connectivity index (χ1) is 8.82. The first-order valence-electron chi connectivity index (χ1n) is 5.49. The summed E-state index contributed by atoms with van der Waals surface area (Å²) in [6, 6.07) is 3.12. The van der Waals surface area contributed by atoms with E-state index < -0.39 is 24.4 Å². The van der Waals surface area contributed by atoms with Gasteiger partial charge in [-0.3, -0.25) is 4.98 Å². The number of anilines is 1. The lowest BCUT2D eigenvalue weighted by atomic mass is 9.96. The van der Waals surface area contributed by atoms with Crippen molar-refractivity contribution in [3.63, 3.8) is 0 Å². The number of alkyl halides is 3. The lowest BCUT2D eigenvalue weighted by Crippen LogP contribution is -2.46. The maximum Gasteiger partial charge on any atom is 0.415 e. The monoisotopic (exact) mass is 275 g/mol. The Hall–Kier alpha value is -1.67. The van der Waals surface area contributed by atoms with E-state index in [1.807, 2.05) is 0 Å². The summed E-state index contributed by atoms with van der Waals surface area (Å²) in [7, 11) is 0. The van der Waals surface area contributed by atoms with E-state index in [2.05, 4.69) is 10.1 Å². The number of aliphatic hydroxyl groups is 2. The molecule has 1 aromatic heterocycles. The van der Waals surface area contributed by atoms with Crippen LogP contribution in [0.25, 0.3) is 0 Å². The van der Waals surface area contributed by atoms with Gasteiger partial charge in [-0.1, -0.05) is 0 Å². The zero-order valence-electron chi connectivity index (χ0n) is 9.91. The summed E-state index contributed by atoms with van der Waals surface area (Å²) < 4.78 is 37.6. The molecular formula is C11H12F3N3O2. The molecule has 104 valence electrons. The van der Waals surface area contributed by atoms with Crippen LogP contribution in [0.4, 0.5) is 18.9 Å². The highest BCUT2D eigenvalue weighted by molar-refractivity contribution is 5.89. The first-order valence-corrected chi connectivity index (χ1v) is 5.49. The third kappa shape index (κ3) is 2.54. The van der Waals surface area contributed by atoms with Crippen molar-refractivity contribution in [3.8, 4) is 0 Å². The molecule has 5 nitrogen and oxygen atoms in total. The molecule has 0 fully saturated rings. The summed E-state index contributed by atoms with van der Waals surface area (Å²) in [5.41, 5.74) is 0.368. The molecule has 1 aromatic rings. The summed E-state index contributed by atoms with van der Waals surface area (Å²) in [4.78, 5) is 3.80. The van der Waals surface area contributed by atoms with Gasteiger partial charge in [0.2, 0.25) is 0 Å². The molecule has 19 heavy (non-hydrogen) atoms. The molecule has 1 aliphatic heterocycles. The number of aliphatic hydroxyl groups excluding tert-OH is 2. The Balaban J connectivity index is 2.27. The minimum atomic E-state index is -4.81. The molecule has 2 N–H and O–H groups in total. The van der Waals surface area contributed by atoms with Crippen LogP contribution in [-0.4, -0.2) is 39.4 Å². The normalized spacial score (nSPS) is 25.4. The molecule has 0 bridgehead atoms. The van der Waals surface area contributed by atoms with Gasteiger partial charge in [0.15, 0.2) is 12.3 Å². The minimum absolute atomic E-state index is 0.0150. The van der Waals surface area contributed by atoms with Crippen LogP contribution in [-0.2, 0) is 0 Å². The standard InChI is InChI=1S/C11H12F3N3O2/c1-6-8(9(18)11(12,13)14)10(19)17(16-6)7-3-2-4-15-5-7/h2-5,8-10,18-19H,1H3. The van der Waals surface area contributed by atoms with Crippen LogP contribution in [0.2, 0.25) is 0 Å². The molecule has 0 saturated heterocycles. The average molecular weight is 275 g/mol. The van der Waals surface area contributed by atoms with Gasteiger partial charge in [-0.2, -0.15) is 18.3 Å². The number of rotatable bonds is 2. The molecule has 1 aliphatic rings. The van der Waals surface area contributed by atoms with Crippen molar-refractivity contribution in [3.05, 3.63) is 24.5 Å². The Kier molecular flexibility index (Phi) is 3.46. The maximum atomic E-state index is 12.5. The number of hydrogen-bond acceptors (Lipinski definition) is 5. The van der Waals surface area contributed by atoms with Crippen molar-refractivity contribution in [2.75, 3.05) is 5.01 Å². The second kappa shape index (κ2) is 4.78. The van der Waals surface area contributed by atoms with Crippen LogP contribution < -0.4 is 5.01 Å². The van der Waals surface area contributed by atoms with Gasteiger partial charge in [0.05, 0.1) is 17.8 Å². The van der Waals surface area contributed by atoms with Crippen molar-refractivity contribution < 1.29 is 23.4 Å². The van der Waals surface area contributed by atoms with Gasteiger partial charge in [0, 0.05) is 11.9 Å². The highest BCUT2D eigenvalue weighted by atomic mass is 19.4. The number of aromatic nitrogens is 1. The summed E-state index contributed by atoms with van der Waals surface area (Å²) >= 11 is 0. The molecular weight excluding hydrogens is 263 g/mol. The molecule has 0 aromatic carbocycles. The molecule has 0 aliphatic carbocycles. The van der Waals surface area contributed by atoms with E-state index in [1.54, 1.807) is 12.1 Å². The van der Waals surface area contributed by atoms with Gasteiger partial charge >= 0.3 is 6.18 Å². The number of hydrogen-bond donors (Lipinski definition) is 2. The lowest BCUT2D eigenvalue weighted by molar-refractivity contribution is -0.219. The summed E-state index contributed by atoms with van der Waals surface area (Å²) in [6.45, 7) is 1.33. The van der Waals surface area contributed by atoms with E-state index in [-0.39, 0.29) is 5.71 Å². The second-order valence-corrected chi connectivity index (χ2v) is 4.22. The maximum absolute atomic E-state index is 12.5. The highest BCUT2D eigenvalue weighted by Gasteiger charge is 2.51. The molecule has 3 unspecified atom stereocenters. The zero-order chi connectivity index (χ0) is 14.2. The Bertz CT molecular complexity index is 478. The third-order valence-corrected chi connectivity index (χ3v) is 2.91. The molecule has 3 atom stereocenters. The summed E-state index contributed by atoms with van der Waals surface area (Å²) in [5.74, 6) is -1.51. The van der Waals surface area contributed by atoms with Crippen LogP contribution in [0.5, 0.6) is 0 Å². The fourth-order valence-electron chi connectivity index (χ4n) is 1.96. The van der Waals surface area contributed by atoms with Gasteiger partial charge in [-0.15, -0.1) is 0 Å². The Morgan fingerprint density at radius 2 is 2.11 bits per heavy atom. The van der Waals surface area contributed by atoms with Crippen molar-refractivity contribution in [1.82, 2.24) is 4.98 Å². The molecule has 2 heterocycles. The Morgan fingerprint density at radius 1 is 1.42 bits per heavy atom. The van der Waals surface area contributed by atoms with Crippen molar-refractivity contribution in [2.45, 2.75) is 25.4 Å². The van der Waals surface area contributed by atoms with E-state index in [1.165, 1.54) is 19.3 Å². The quantitative estimate of drug-likeness (QED) is 0.849. The van der Waals surface area contributed by atoms with E-state index in [9.17, 15) is 23.4 Å². The van der Waals surface area contributed by atoms with Crippen LogP contribution in [0, 0.1) is 5.92 Å². The molecule has 0 saturated carbocycles. The van der Waals surface area contributed by atoms with Gasteiger partial charge in [0.25, 0.3) is 0 Å². The largest absolute Gasteiger partial charge is 0.415 e. The van der Waals surface area contributed by atoms with Crippen molar-refractivity contribution in [1.29, 1.82) is 0 Å². The van der Waals surface area contributed by atoms with Crippen LogP contribution in [0.15, 0.2) is 29.6 Å². The predicted octanol–water partition coefficient (Wildman–Crippen LogP) is 1.14. The number of halogens is 3. The summed E-state index contributed by atoms with van der Waals surface area (Å²) in [6.07, 6.45) is -6.20. The highest BCUT2D eigenvalue weighted by Crippen LogP contribution is 2.34. The predicted molar refractivity (Wildman–Crippen MR) is 61.4 cm³/mol. The minimum Gasteiger partial charge on any atom is -0.383 e. The van der Waals surface area contributed by atoms with E-state index in [0.717, 1.165) is 5.01 Å². The first kappa shape index (κ1) is 13.8. The molecule has 0 spiro atoms. The lowest BCUT2D eigenvalue weighted by Gasteiger charge is -2.27. The van der Waals surface area contributed by atoms with E-state index in [4.69, 9.17) is 0 Å². The fraction of sp³-hybridized carbons (Fsp3) is 0.455. The van der Waals surface area contributed by atoms with Gasteiger partial charge in [0.1, 0.15) is 0 Å². The fourth-order valence-corrected chi connectivity index (χ4v) is 1.96. The van der Waals surface area contributed by atoms with Crippen LogP contribution in [0.1, 0.15) is 6.92 Å². The van der Waals surface area contributed by atoms with Gasteiger partial charge in [-0.05, 0) is 19.1 Å². The average Bonchev–Trinajstić information content (AvgIpc) is 2.64. The van der Waals surface area contributed by atoms with Gasteiger partial charge < -0.3 is 10.2 Å². The van der Waals surface area contributed by atoms with Gasteiger partial charge in [-0.25, -0.2) is 5.01 Å². The number of hydrazone groups is 1. The van der Waals surface area contributed by atoms with Crippen LogP contribution in [0.3, 0.4) is 0 Å². The topological polar surface area (TPSA) is 69.0 Å². The number of pyridine rings is 1. The number of nitrogens with zero attached hydrogens (tertiary/aromatic N) is 3. The van der Waals surface area contributed by atoms with Crippen molar-refractivity contribution >= 4 is 11.4 Å². The van der Waals surface area contributed by atoms with Crippen molar-refractivity contribution in [2.24, 2.45) is 11.0 Å². The van der Waals surface area contributed by atoms with E-state index in [0.29, 0.717) is 5.69 Å². The molecule has 0 amide bonds. The van der Waals surface area contributed by atoms with Crippen LogP contribution >= 0.6 is 0 Å². The van der Waals surface area contributed by atoms with E-state index >= 15 is 0 Å². The third-order valence-electron chi connectivity index (χ3n) is 2.91. The second-order valence-electron chi connectivity index (χ2n) is 4.22. The molecule has 2 rings (SSSR count). The SMILES string of the molecule is CC1=NN(c2cccnc2)C(O)C1C(O)C(F)(F)F.